The van der Waals surface area contributed by atoms with Crippen LogP contribution in [0, 0.1) is 17.0 Å². The van der Waals surface area contributed by atoms with Crippen LogP contribution in [0.25, 0.3) is 0 Å². The highest BCUT2D eigenvalue weighted by molar-refractivity contribution is 5.74. The summed E-state index contributed by atoms with van der Waals surface area (Å²) in [7, 11) is 0. The van der Waals surface area contributed by atoms with Gasteiger partial charge in [0.05, 0.1) is 5.41 Å². The Balaban J connectivity index is 3.08. The molecule has 0 aliphatic carbocycles. The first-order chi connectivity index (χ1) is 7.40. The summed E-state index contributed by atoms with van der Waals surface area (Å²) in [6.07, 6.45) is 0.174. The number of carbonyl (C=O) groups is 1. The highest BCUT2D eigenvalue weighted by Crippen LogP contribution is 2.29. The lowest BCUT2D eigenvalue weighted by Gasteiger charge is -2.23. The molecule has 88 valence electrons. The zero-order valence-corrected chi connectivity index (χ0v) is 9.26. The van der Waals surface area contributed by atoms with Gasteiger partial charge in [0.15, 0.2) is 0 Å². The molecule has 0 bridgehead atoms. The van der Waals surface area contributed by atoms with Crippen LogP contribution < -0.4 is 0 Å². The van der Waals surface area contributed by atoms with E-state index in [-0.39, 0.29) is 12.0 Å². The number of halogens is 2. The van der Waals surface area contributed by atoms with Gasteiger partial charge in [-0.2, -0.15) is 0 Å². The molecule has 0 aromatic heterocycles. The first kappa shape index (κ1) is 12.6. The molecule has 0 aliphatic rings. The molecule has 1 atom stereocenters. The van der Waals surface area contributed by atoms with Crippen LogP contribution in [0.5, 0.6) is 0 Å². The van der Waals surface area contributed by atoms with Crippen LogP contribution >= 0.6 is 0 Å². The third kappa shape index (κ3) is 2.38. The molecule has 0 aliphatic heterocycles. The van der Waals surface area contributed by atoms with Crippen molar-refractivity contribution in [3.05, 3.63) is 35.4 Å². The monoisotopic (exact) mass is 228 g/mol. The Hall–Kier alpha value is -1.45. The molecule has 0 radical (unpaired) electrons. The second-order valence-corrected chi connectivity index (χ2v) is 4.10. The molecule has 1 aromatic rings. The smallest absolute Gasteiger partial charge is 0.309 e. The van der Waals surface area contributed by atoms with Gasteiger partial charge in [0.2, 0.25) is 0 Å². The molecule has 0 saturated heterocycles. The van der Waals surface area contributed by atoms with Crippen molar-refractivity contribution in [2.24, 2.45) is 5.41 Å². The Kier molecular flexibility index (Phi) is 3.62. The number of carboxylic acid groups (broad SMARTS) is 1. The molecular weight excluding hydrogens is 214 g/mol. The van der Waals surface area contributed by atoms with Crippen molar-refractivity contribution < 1.29 is 18.7 Å². The van der Waals surface area contributed by atoms with Crippen LogP contribution in [-0.4, -0.2) is 11.1 Å². The van der Waals surface area contributed by atoms with Gasteiger partial charge in [0.1, 0.15) is 11.6 Å². The minimum absolute atomic E-state index is 0.142. The Morgan fingerprint density at radius 3 is 2.25 bits per heavy atom. The van der Waals surface area contributed by atoms with Gasteiger partial charge in [0.25, 0.3) is 0 Å². The van der Waals surface area contributed by atoms with Gasteiger partial charge in [0, 0.05) is 5.56 Å². The third-order valence-electron chi connectivity index (χ3n) is 2.93. The second-order valence-electron chi connectivity index (χ2n) is 4.10. The highest BCUT2D eigenvalue weighted by Gasteiger charge is 2.33. The van der Waals surface area contributed by atoms with Gasteiger partial charge in [-0.3, -0.25) is 4.79 Å². The summed E-state index contributed by atoms with van der Waals surface area (Å²) in [5.41, 5.74) is -1.29. The SMILES string of the molecule is CCC(C)(Cc1c(F)cccc1F)C(=O)O. The van der Waals surface area contributed by atoms with Crippen molar-refractivity contribution in [3.63, 3.8) is 0 Å². The number of aliphatic carboxylic acids is 1. The lowest BCUT2D eigenvalue weighted by Crippen LogP contribution is -2.30. The van der Waals surface area contributed by atoms with E-state index in [1.165, 1.54) is 13.0 Å². The van der Waals surface area contributed by atoms with E-state index < -0.39 is 23.0 Å². The largest absolute Gasteiger partial charge is 0.481 e. The summed E-state index contributed by atoms with van der Waals surface area (Å²) in [6, 6.07) is 3.53. The van der Waals surface area contributed by atoms with Gasteiger partial charge in [-0.1, -0.05) is 13.0 Å². The van der Waals surface area contributed by atoms with Crippen LogP contribution in [0.4, 0.5) is 8.78 Å². The molecule has 1 unspecified atom stereocenters. The summed E-state index contributed by atoms with van der Waals surface area (Å²) in [5.74, 6) is -2.43. The quantitative estimate of drug-likeness (QED) is 0.860. The van der Waals surface area contributed by atoms with Crippen molar-refractivity contribution in [1.82, 2.24) is 0 Å². The maximum Gasteiger partial charge on any atom is 0.309 e. The van der Waals surface area contributed by atoms with E-state index >= 15 is 0 Å². The van der Waals surface area contributed by atoms with Gasteiger partial charge in [-0.15, -0.1) is 0 Å². The minimum Gasteiger partial charge on any atom is -0.481 e. The van der Waals surface area contributed by atoms with E-state index in [2.05, 4.69) is 0 Å². The van der Waals surface area contributed by atoms with Crippen molar-refractivity contribution >= 4 is 5.97 Å². The fraction of sp³-hybridized carbons (Fsp3) is 0.417. The van der Waals surface area contributed by atoms with Crippen LogP contribution in [0.2, 0.25) is 0 Å². The fourth-order valence-corrected chi connectivity index (χ4v) is 1.44. The lowest BCUT2D eigenvalue weighted by atomic mass is 9.81. The highest BCUT2D eigenvalue weighted by atomic mass is 19.1. The first-order valence-electron chi connectivity index (χ1n) is 5.07. The van der Waals surface area contributed by atoms with Gasteiger partial charge >= 0.3 is 5.97 Å². The molecule has 0 saturated carbocycles. The predicted octanol–water partition coefficient (Wildman–Crippen LogP) is 3.01. The Morgan fingerprint density at radius 1 is 1.38 bits per heavy atom. The van der Waals surface area contributed by atoms with Crippen LogP contribution in [0.15, 0.2) is 18.2 Å². The van der Waals surface area contributed by atoms with Crippen LogP contribution in [0.1, 0.15) is 25.8 Å². The molecule has 16 heavy (non-hydrogen) atoms. The maximum atomic E-state index is 13.3. The van der Waals surface area contributed by atoms with Crippen molar-refractivity contribution in [2.75, 3.05) is 0 Å². The van der Waals surface area contributed by atoms with Gasteiger partial charge < -0.3 is 5.11 Å². The molecule has 0 fully saturated rings. The molecular formula is C12H14F2O2. The van der Waals surface area contributed by atoms with Crippen LogP contribution in [0.3, 0.4) is 0 Å². The third-order valence-corrected chi connectivity index (χ3v) is 2.93. The molecule has 1 N–H and O–H groups in total. The number of hydrogen-bond donors (Lipinski definition) is 1. The van der Waals surface area contributed by atoms with E-state index in [1.807, 2.05) is 0 Å². The lowest BCUT2D eigenvalue weighted by molar-refractivity contribution is -0.148. The number of carboxylic acids is 1. The zero-order valence-electron chi connectivity index (χ0n) is 9.26. The average Bonchev–Trinajstić information content (AvgIpc) is 2.23. The molecule has 1 aromatic carbocycles. The van der Waals surface area contributed by atoms with Crippen LogP contribution in [-0.2, 0) is 11.2 Å². The minimum atomic E-state index is -1.14. The number of hydrogen-bond acceptors (Lipinski definition) is 1. The number of rotatable bonds is 4. The maximum absolute atomic E-state index is 13.3. The van der Waals surface area contributed by atoms with E-state index in [4.69, 9.17) is 5.11 Å². The molecule has 0 spiro atoms. The van der Waals surface area contributed by atoms with Crippen molar-refractivity contribution in [2.45, 2.75) is 26.7 Å². The van der Waals surface area contributed by atoms with Crippen molar-refractivity contribution in [1.29, 1.82) is 0 Å². The number of benzene rings is 1. The molecule has 2 nitrogen and oxygen atoms in total. The summed E-state index contributed by atoms with van der Waals surface area (Å²) in [5, 5.41) is 9.03. The summed E-state index contributed by atoms with van der Waals surface area (Å²) in [6.45, 7) is 3.17. The van der Waals surface area contributed by atoms with E-state index in [0.717, 1.165) is 12.1 Å². The topological polar surface area (TPSA) is 37.3 Å². The summed E-state index contributed by atoms with van der Waals surface area (Å²) >= 11 is 0. The second kappa shape index (κ2) is 4.60. The van der Waals surface area contributed by atoms with E-state index in [0.29, 0.717) is 6.42 Å². The Labute approximate surface area is 92.9 Å². The van der Waals surface area contributed by atoms with Gasteiger partial charge in [-0.05, 0) is 31.9 Å². The zero-order chi connectivity index (χ0) is 12.3. The summed E-state index contributed by atoms with van der Waals surface area (Å²) in [4.78, 5) is 11.0. The molecule has 0 amide bonds. The summed E-state index contributed by atoms with van der Waals surface area (Å²) < 4.78 is 26.7. The molecule has 0 heterocycles. The van der Waals surface area contributed by atoms with Gasteiger partial charge in [-0.25, -0.2) is 8.78 Å². The molecule has 4 heteroatoms. The van der Waals surface area contributed by atoms with Crippen molar-refractivity contribution in [3.8, 4) is 0 Å². The predicted molar refractivity (Wildman–Crippen MR) is 56.1 cm³/mol. The van der Waals surface area contributed by atoms with E-state index in [9.17, 15) is 13.6 Å². The Morgan fingerprint density at radius 2 is 1.88 bits per heavy atom. The first-order valence-corrected chi connectivity index (χ1v) is 5.07. The standard InChI is InChI=1S/C12H14F2O2/c1-3-12(2,11(15)16)7-8-9(13)5-4-6-10(8)14/h4-6H,3,7H2,1-2H3,(H,15,16). The molecule has 1 rings (SSSR count). The Bertz CT molecular complexity index is 384. The average molecular weight is 228 g/mol. The normalized spacial score (nSPS) is 14.5. The fourth-order valence-electron chi connectivity index (χ4n) is 1.44. The van der Waals surface area contributed by atoms with E-state index in [1.54, 1.807) is 6.92 Å².